The molecule has 152 valence electrons. The largest absolute Gasteiger partial charge is 0.497 e. The summed E-state index contributed by atoms with van der Waals surface area (Å²) in [7, 11) is -1.00. The molecule has 3 aromatic rings. The van der Waals surface area contributed by atoms with Gasteiger partial charge in [0.15, 0.2) is 0 Å². The van der Waals surface area contributed by atoms with E-state index in [0.29, 0.717) is 17.2 Å². The van der Waals surface area contributed by atoms with Crippen molar-refractivity contribution in [2.24, 2.45) is 0 Å². The molecular formula is C22H22FNO4S. The molecule has 29 heavy (non-hydrogen) atoms. The number of nitrogens with zero attached hydrogens (tertiary/aromatic N) is 1. The van der Waals surface area contributed by atoms with Gasteiger partial charge in [0.2, 0.25) is 0 Å². The normalized spacial score (nSPS) is 12.3. The van der Waals surface area contributed by atoms with Gasteiger partial charge in [-0.1, -0.05) is 24.3 Å². The zero-order valence-corrected chi connectivity index (χ0v) is 17.2. The molecule has 5 nitrogen and oxygen atoms in total. The van der Waals surface area contributed by atoms with Crippen molar-refractivity contribution < 1.29 is 22.3 Å². The molecule has 0 aliphatic rings. The first-order chi connectivity index (χ1) is 13.9. The molecule has 0 radical (unpaired) electrons. The lowest BCUT2D eigenvalue weighted by Gasteiger charge is -2.31. The Kier molecular flexibility index (Phi) is 6.08. The minimum Gasteiger partial charge on any atom is -0.497 e. The zero-order chi connectivity index (χ0) is 21.0. The first-order valence-electron chi connectivity index (χ1n) is 8.95. The summed E-state index contributed by atoms with van der Waals surface area (Å²) >= 11 is 0. The standard InChI is InChI=1S/C22H22FNO4S/c1-16(21-9-4-5-10-22(21)23)24(17-7-6-8-19(15-17)28-3)29(25,26)20-13-11-18(27-2)12-14-20/h4-16H,1-3H3. The van der Waals surface area contributed by atoms with Crippen LogP contribution >= 0.6 is 0 Å². The highest BCUT2D eigenvalue weighted by molar-refractivity contribution is 7.92. The van der Waals surface area contributed by atoms with Crippen LogP contribution in [0.25, 0.3) is 0 Å². The van der Waals surface area contributed by atoms with Gasteiger partial charge in [0.05, 0.1) is 30.8 Å². The first kappa shape index (κ1) is 20.7. The molecule has 0 saturated carbocycles. The Morgan fingerprint density at radius 1 is 0.862 bits per heavy atom. The quantitative estimate of drug-likeness (QED) is 0.556. The van der Waals surface area contributed by atoms with E-state index >= 15 is 0 Å². The van der Waals surface area contributed by atoms with E-state index in [-0.39, 0.29) is 10.5 Å². The fourth-order valence-corrected chi connectivity index (χ4v) is 4.75. The van der Waals surface area contributed by atoms with Crippen LogP contribution in [0.3, 0.4) is 0 Å². The minimum atomic E-state index is -4.01. The Morgan fingerprint density at radius 3 is 2.14 bits per heavy atom. The Balaban J connectivity index is 2.17. The average molecular weight is 415 g/mol. The molecule has 0 N–H and O–H groups in total. The summed E-state index contributed by atoms with van der Waals surface area (Å²) in [6, 6.07) is 18.1. The van der Waals surface area contributed by atoms with Crippen LogP contribution in [0.5, 0.6) is 11.5 Å². The predicted molar refractivity (Wildman–Crippen MR) is 110 cm³/mol. The maximum atomic E-state index is 14.5. The Labute approximate surface area is 170 Å². The van der Waals surface area contributed by atoms with Gasteiger partial charge < -0.3 is 9.47 Å². The van der Waals surface area contributed by atoms with E-state index < -0.39 is 21.9 Å². The third-order valence-corrected chi connectivity index (χ3v) is 6.54. The van der Waals surface area contributed by atoms with Gasteiger partial charge >= 0.3 is 0 Å². The van der Waals surface area contributed by atoms with Crippen LogP contribution in [0.4, 0.5) is 10.1 Å². The highest BCUT2D eigenvalue weighted by Crippen LogP contribution is 2.36. The Hall–Kier alpha value is -3.06. The van der Waals surface area contributed by atoms with Crippen LogP contribution in [0.15, 0.2) is 77.7 Å². The van der Waals surface area contributed by atoms with E-state index in [4.69, 9.17) is 9.47 Å². The topological polar surface area (TPSA) is 55.8 Å². The molecule has 0 fully saturated rings. The lowest BCUT2D eigenvalue weighted by atomic mass is 10.1. The third kappa shape index (κ3) is 4.19. The molecule has 0 aliphatic heterocycles. The van der Waals surface area contributed by atoms with Crippen LogP contribution in [-0.4, -0.2) is 22.6 Å². The zero-order valence-electron chi connectivity index (χ0n) is 16.4. The van der Waals surface area contributed by atoms with Crippen molar-refractivity contribution >= 4 is 15.7 Å². The molecular weight excluding hydrogens is 393 g/mol. The third-order valence-electron chi connectivity index (χ3n) is 4.63. The van der Waals surface area contributed by atoms with Crippen LogP contribution < -0.4 is 13.8 Å². The molecule has 3 aromatic carbocycles. The number of rotatable bonds is 7. The number of halogens is 1. The van der Waals surface area contributed by atoms with Crippen molar-refractivity contribution in [3.05, 3.63) is 84.2 Å². The highest BCUT2D eigenvalue weighted by atomic mass is 32.2. The summed E-state index contributed by atoms with van der Waals surface area (Å²) < 4.78 is 53.2. The molecule has 0 amide bonds. The highest BCUT2D eigenvalue weighted by Gasteiger charge is 2.32. The maximum Gasteiger partial charge on any atom is 0.264 e. The summed E-state index contributed by atoms with van der Waals surface area (Å²) in [5, 5.41) is 0. The fraction of sp³-hybridized carbons (Fsp3) is 0.182. The number of anilines is 1. The lowest BCUT2D eigenvalue weighted by Crippen LogP contribution is -2.34. The number of ether oxygens (including phenoxy) is 2. The number of hydrogen-bond acceptors (Lipinski definition) is 4. The molecule has 1 atom stereocenters. The SMILES string of the molecule is COc1ccc(S(=O)(=O)N(c2cccc(OC)c2)C(C)c2ccccc2F)cc1. The summed E-state index contributed by atoms with van der Waals surface area (Å²) in [5.74, 6) is 0.565. The Morgan fingerprint density at radius 2 is 1.52 bits per heavy atom. The monoisotopic (exact) mass is 415 g/mol. The van der Waals surface area contributed by atoms with Gasteiger partial charge in [-0.15, -0.1) is 0 Å². The second-order valence-electron chi connectivity index (χ2n) is 6.38. The van der Waals surface area contributed by atoms with Gasteiger partial charge in [-0.3, -0.25) is 4.31 Å². The molecule has 0 bridgehead atoms. The van der Waals surface area contributed by atoms with Crippen molar-refractivity contribution in [3.63, 3.8) is 0 Å². The second kappa shape index (κ2) is 8.53. The summed E-state index contributed by atoms with van der Waals surface area (Å²) in [6.07, 6.45) is 0. The van der Waals surface area contributed by atoms with Crippen molar-refractivity contribution in [1.29, 1.82) is 0 Å². The number of hydrogen-bond donors (Lipinski definition) is 0. The van der Waals surface area contributed by atoms with E-state index in [1.54, 1.807) is 61.5 Å². The van der Waals surface area contributed by atoms with Gasteiger partial charge in [0.25, 0.3) is 10.0 Å². The van der Waals surface area contributed by atoms with Crippen LogP contribution in [-0.2, 0) is 10.0 Å². The number of sulfonamides is 1. The van der Waals surface area contributed by atoms with Crippen molar-refractivity contribution in [2.75, 3.05) is 18.5 Å². The fourth-order valence-electron chi connectivity index (χ4n) is 3.12. The van der Waals surface area contributed by atoms with Gasteiger partial charge in [-0.25, -0.2) is 12.8 Å². The van der Waals surface area contributed by atoms with E-state index in [9.17, 15) is 12.8 Å². The van der Waals surface area contributed by atoms with Gasteiger partial charge in [0, 0.05) is 11.6 Å². The van der Waals surface area contributed by atoms with Crippen molar-refractivity contribution in [2.45, 2.75) is 17.9 Å². The van der Waals surface area contributed by atoms with Gasteiger partial charge in [-0.05, 0) is 49.4 Å². The molecule has 3 rings (SSSR count). The minimum absolute atomic E-state index is 0.0734. The average Bonchev–Trinajstić information content (AvgIpc) is 2.74. The van der Waals surface area contributed by atoms with Crippen LogP contribution in [0, 0.1) is 5.82 Å². The summed E-state index contributed by atoms with van der Waals surface area (Å²) in [6.45, 7) is 1.65. The lowest BCUT2D eigenvalue weighted by molar-refractivity contribution is 0.414. The Bertz CT molecular complexity index is 1080. The predicted octanol–water partition coefficient (Wildman–Crippen LogP) is 4.80. The summed E-state index contributed by atoms with van der Waals surface area (Å²) in [5.41, 5.74) is 0.642. The molecule has 0 aromatic heterocycles. The van der Waals surface area contributed by atoms with Crippen molar-refractivity contribution in [3.8, 4) is 11.5 Å². The second-order valence-corrected chi connectivity index (χ2v) is 8.19. The van der Waals surface area contributed by atoms with Gasteiger partial charge in [0.1, 0.15) is 17.3 Å². The molecule has 7 heteroatoms. The van der Waals surface area contributed by atoms with E-state index in [2.05, 4.69) is 0 Å². The van der Waals surface area contributed by atoms with Gasteiger partial charge in [-0.2, -0.15) is 0 Å². The van der Waals surface area contributed by atoms with E-state index in [1.165, 1.54) is 36.7 Å². The first-order valence-corrected chi connectivity index (χ1v) is 10.4. The van der Waals surface area contributed by atoms with E-state index in [0.717, 1.165) is 0 Å². The van der Waals surface area contributed by atoms with Crippen LogP contribution in [0.2, 0.25) is 0 Å². The summed E-state index contributed by atoms with van der Waals surface area (Å²) in [4.78, 5) is 0.0734. The number of benzene rings is 3. The molecule has 0 aliphatic carbocycles. The molecule has 0 saturated heterocycles. The smallest absolute Gasteiger partial charge is 0.264 e. The molecule has 0 spiro atoms. The number of methoxy groups -OCH3 is 2. The van der Waals surface area contributed by atoms with E-state index in [1.807, 2.05) is 0 Å². The molecule has 1 unspecified atom stereocenters. The van der Waals surface area contributed by atoms with Crippen molar-refractivity contribution in [1.82, 2.24) is 0 Å². The molecule has 0 heterocycles. The van der Waals surface area contributed by atoms with Crippen LogP contribution in [0.1, 0.15) is 18.5 Å². The maximum absolute atomic E-state index is 14.5.